The van der Waals surface area contributed by atoms with Gasteiger partial charge in [-0.1, -0.05) is 83.7 Å². The van der Waals surface area contributed by atoms with Crippen LogP contribution in [0.2, 0.25) is 0 Å². The van der Waals surface area contributed by atoms with Gasteiger partial charge in [0.2, 0.25) is 5.91 Å². The number of aliphatic imine (C=N–C) groups is 1. The minimum atomic E-state index is -1.07. The molecule has 1 aromatic heterocycles. The highest BCUT2D eigenvalue weighted by molar-refractivity contribution is 8.00. The fourth-order valence-corrected chi connectivity index (χ4v) is 6.60. The number of amides is 1. The zero-order valence-corrected chi connectivity index (χ0v) is 32.4. The Morgan fingerprint density at radius 2 is 1.66 bits per heavy atom. The van der Waals surface area contributed by atoms with E-state index in [4.69, 9.17) is 21.6 Å². The molecule has 53 heavy (non-hydrogen) atoms. The Balaban J connectivity index is 0.000000693. The van der Waals surface area contributed by atoms with Crippen molar-refractivity contribution in [2.24, 2.45) is 22.4 Å². The molecule has 3 rings (SSSR count). The van der Waals surface area contributed by atoms with Gasteiger partial charge in [0.25, 0.3) is 5.56 Å². The van der Waals surface area contributed by atoms with Gasteiger partial charge in [0.1, 0.15) is 12.4 Å². The lowest BCUT2D eigenvalue weighted by molar-refractivity contribution is -0.409. The maximum Gasteiger partial charge on any atom is 0.362 e. The van der Waals surface area contributed by atoms with E-state index in [1.165, 1.54) is 22.4 Å². The predicted molar refractivity (Wildman–Crippen MR) is 209 cm³/mol. The number of carbonyl (C=O) groups is 3. The van der Waals surface area contributed by atoms with Gasteiger partial charge < -0.3 is 37.1 Å². The summed E-state index contributed by atoms with van der Waals surface area (Å²) in [6.45, 7) is 8.97. The number of guanidine groups is 1. The number of rotatable bonds is 21. The number of hydrogen-bond acceptors (Lipinski definition) is 8. The third-order valence-corrected chi connectivity index (χ3v) is 9.50. The molecule has 14 heteroatoms. The minimum Gasteiger partial charge on any atom is -0.549 e. The number of nitrogens with zero attached hydrogens (tertiary/aromatic N) is 4. The number of carboxylic acids is 2. The van der Waals surface area contributed by atoms with Crippen LogP contribution in [-0.2, 0) is 27.3 Å². The van der Waals surface area contributed by atoms with Gasteiger partial charge in [-0.25, -0.2) is 9.78 Å². The molecule has 1 unspecified atom stereocenters. The highest BCUT2D eigenvalue weighted by Crippen LogP contribution is 2.29. The van der Waals surface area contributed by atoms with E-state index >= 15 is 0 Å². The van der Waals surface area contributed by atoms with Crippen molar-refractivity contribution in [2.75, 3.05) is 18.0 Å². The molecule has 290 valence electrons. The van der Waals surface area contributed by atoms with Crippen LogP contribution in [0.25, 0.3) is 11.3 Å². The van der Waals surface area contributed by atoms with Crippen molar-refractivity contribution in [3.8, 4) is 11.3 Å². The fourth-order valence-electron chi connectivity index (χ4n) is 5.40. The molecular weight excluding hydrogens is 695 g/mol. The molecule has 13 nitrogen and oxygen atoms in total. The summed E-state index contributed by atoms with van der Waals surface area (Å²) in [5.74, 6) is -1.30. The minimum absolute atomic E-state index is 0.0333. The van der Waals surface area contributed by atoms with Crippen LogP contribution in [-0.4, -0.2) is 62.8 Å². The quantitative estimate of drug-likeness (QED) is 0.0537. The average Bonchev–Trinajstić information content (AvgIpc) is 3.12. The molecular formula is C39H57N7O6S. The first-order valence-electron chi connectivity index (χ1n) is 18.3. The van der Waals surface area contributed by atoms with Crippen LogP contribution in [0.3, 0.4) is 0 Å². The maximum absolute atomic E-state index is 13.7. The lowest BCUT2D eigenvalue weighted by Gasteiger charge is -2.25. The number of hydrogen-bond donors (Lipinski definition) is 4. The molecule has 1 heterocycles. The third kappa shape index (κ3) is 16.3. The van der Waals surface area contributed by atoms with E-state index in [0.29, 0.717) is 50.3 Å². The number of unbranched alkanes of at least 4 members (excludes halogenated alkanes) is 4. The molecule has 0 radical (unpaired) electrons. The fraction of sp³-hybridized carbons (Fsp3) is 0.487. The van der Waals surface area contributed by atoms with Crippen molar-refractivity contribution < 1.29 is 30.3 Å². The molecule has 0 aliphatic heterocycles. The third-order valence-electron chi connectivity index (χ3n) is 8.28. The van der Waals surface area contributed by atoms with Gasteiger partial charge in [-0.3, -0.25) is 19.1 Å². The molecule has 2 atom stereocenters. The smallest absolute Gasteiger partial charge is 0.362 e. The van der Waals surface area contributed by atoms with Crippen LogP contribution < -0.4 is 32.8 Å². The molecule has 0 spiro atoms. The zero-order valence-electron chi connectivity index (χ0n) is 31.5. The molecule has 0 aliphatic carbocycles. The number of anilines is 1. The van der Waals surface area contributed by atoms with Crippen LogP contribution in [0.1, 0.15) is 84.9 Å². The number of carbonyl (C=O) groups excluding carboxylic acids is 2. The Bertz CT molecular complexity index is 1660. The molecule has 3 aromatic rings. The number of nitrogens with two attached hydrogens (primary N) is 2. The lowest BCUT2D eigenvalue weighted by Crippen LogP contribution is -2.64. The van der Waals surface area contributed by atoms with E-state index in [2.05, 4.69) is 17.6 Å². The summed E-state index contributed by atoms with van der Waals surface area (Å²) in [5, 5.41) is 19.4. The number of quaternary nitrogens is 1. The maximum atomic E-state index is 13.7. The van der Waals surface area contributed by atoms with Crippen molar-refractivity contribution in [1.82, 2.24) is 9.55 Å². The average molecular weight is 752 g/mol. The Hall–Kier alpha value is -4.69. The van der Waals surface area contributed by atoms with Gasteiger partial charge >= 0.3 is 5.97 Å². The second-order valence-electron chi connectivity index (χ2n) is 13.2. The van der Waals surface area contributed by atoms with Gasteiger partial charge in [-0.2, -0.15) is 0 Å². The molecule has 8 N–H and O–H groups in total. The van der Waals surface area contributed by atoms with Crippen LogP contribution in [0.15, 0.2) is 75.3 Å². The Morgan fingerprint density at radius 3 is 2.23 bits per heavy atom. The standard InChI is InChI=1S/C33H43N3O4S.C6H14N4O2/c1-5-7-8-9-13-20-35(26-16-18-27(19-17-26)41-29(33(39)40)21-24(3)4)32(38)23-36-30(6-2)34-28(22-31(36)37)25-14-11-10-12-15-25;7-4(5(11)12)2-1-3-10-6(8)9/h10-12,14-19,22,24,29H,5-9,13,20-21,23H2,1-4H3,(H,39,40);4H,1-3,7H2,(H,11,12)(H4,8,9,10)/t29-;/m0./s1. The van der Waals surface area contributed by atoms with E-state index in [-0.39, 0.29) is 29.9 Å². The molecule has 0 aliphatic rings. The van der Waals surface area contributed by atoms with Gasteiger partial charge in [0, 0.05) is 53.4 Å². The van der Waals surface area contributed by atoms with E-state index in [9.17, 15) is 24.3 Å². The first-order chi connectivity index (χ1) is 25.3. The summed E-state index contributed by atoms with van der Waals surface area (Å²) < 4.78 is 1.47. The van der Waals surface area contributed by atoms with Gasteiger partial charge in [0.05, 0.1) is 11.7 Å². The highest BCUT2D eigenvalue weighted by Gasteiger charge is 2.20. The van der Waals surface area contributed by atoms with E-state index in [1.807, 2.05) is 75.4 Å². The molecule has 0 bridgehead atoms. The van der Waals surface area contributed by atoms with Gasteiger partial charge in [0.15, 0.2) is 12.0 Å². The van der Waals surface area contributed by atoms with Crippen LogP contribution in [0, 0.1) is 5.92 Å². The Labute approximate surface area is 317 Å². The predicted octanol–water partition coefficient (Wildman–Crippen LogP) is 3.47. The topological polar surface area (TPSA) is 225 Å². The summed E-state index contributed by atoms with van der Waals surface area (Å²) in [6, 6.07) is 17.9. The zero-order chi connectivity index (χ0) is 39.3. The second kappa shape index (κ2) is 23.8. The van der Waals surface area contributed by atoms with Crippen molar-refractivity contribution in [3.05, 3.63) is 76.8 Å². The Morgan fingerprint density at radius 1 is 1.00 bits per heavy atom. The molecule has 1 amide bonds. The normalized spacial score (nSPS) is 12.0. The second-order valence-corrected chi connectivity index (χ2v) is 14.5. The number of aromatic nitrogens is 2. The first-order valence-corrected chi connectivity index (χ1v) is 19.2. The molecule has 0 saturated heterocycles. The summed E-state index contributed by atoms with van der Waals surface area (Å²) in [5.41, 5.74) is 15.5. The monoisotopic (exact) mass is 751 g/mol. The molecule has 2 aromatic carbocycles. The van der Waals surface area contributed by atoms with Crippen LogP contribution >= 0.6 is 11.8 Å². The number of aliphatic carboxylic acids is 2. The van der Waals surface area contributed by atoms with Gasteiger partial charge in [-0.05, 0) is 49.4 Å². The van der Waals surface area contributed by atoms with E-state index < -0.39 is 23.2 Å². The molecule has 0 fully saturated rings. The summed E-state index contributed by atoms with van der Waals surface area (Å²) in [4.78, 5) is 59.8. The summed E-state index contributed by atoms with van der Waals surface area (Å²) >= 11 is 1.27. The number of benzene rings is 2. The van der Waals surface area contributed by atoms with Crippen molar-refractivity contribution in [1.29, 1.82) is 0 Å². The van der Waals surface area contributed by atoms with Crippen LogP contribution in [0.5, 0.6) is 0 Å². The highest BCUT2D eigenvalue weighted by atomic mass is 32.2. The lowest BCUT2D eigenvalue weighted by atomic mass is 10.1. The van der Waals surface area contributed by atoms with E-state index in [1.54, 1.807) is 4.90 Å². The number of carboxylic acid groups (broad SMARTS) is 2. The first kappa shape index (κ1) is 44.5. The summed E-state index contributed by atoms with van der Waals surface area (Å²) in [7, 11) is 0. The van der Waals surface area contributed by atoms with Gasteiger partial charge in [-0.15, -0.1) is 11.8 Å². The Kier molecular flexibility index (Phi) is 20.0. The van der Waals surface area contributed by atoms with Crippen LogP contribution in [0.4, 0.5) is 5.69 Å². The van der Waals surface area contributed by atoms with Crippen molar-refractivity contribution >= 4 is 41.3 Å². The number of aryl methyl sites for hydroxylation is 1. The summed E-state index contributed by atoms with van der Waals surface area (Å²) in [6.07, 6.45) is 7.44. The number of thioether (sulfide) groups is 1. The van der Waals surface area contributed by atoms with Crippen molar-refractivity contribution in [2.45, 2.75) is 108 Å². The molecule has 0 saturated carbocycles. The van der Waals surface area contributed by atoms with Crippen molar-refractivity contribution in [3.63, 3.8) is 0 Å². The SMILES string of the molecule is CCCCCCCN(C(=O)Cn1c(CC)nc(-c2ccccc2)cc1=O)c1ccc(S[C@@H](CC(C)C)C(=O)[O-])cc1.NC(N)=NCCCC([NH3+])C(=O)O. The van der Waals surface area contributed by atoms with E-state index in [0.717, 1.165) is 48.3 Å². The largest absolute Gasteiger partial charge is 0.549 e.